The molecule has 0 radical (unpaired) electrons. The summed E-state index contributed by atoms with van der Waals surface area (Å²) in [5.74, 6) is -0.848. The monoisotopic (exact) mass is 263 g/mol. The van der Waals surface area contributed by atoms with Crippen LogP contribution in [0.5, 0.6) is 0 Å². The molecule has 0 bridgehead atoms. The Morgan fingerprint density at radius 1 is 1.28 bits per heavy atom. The van der Waals surface area contributed by atoms with Gasteiger partial charge in [0.25, 0.3) is 5.91 Å². The summed E-state index contributed by atoms with van der Waals surface area (Å²) in [5.41, 5.74) is 2.52. The highest BCUT2D eigenvalue weighted by Gasteiger charge is 2.45. The number of hydrogen-bond acceptors (Lipinski definition) is 6. The Labute approximate surface area is 104 Å². The molecule has 4 atom stereocenters. The van der Waals surface area contributed by atoms with E-state index in [4.69, 9.17) is 5.11 Å². The molecule has 0 aromatic heterocycles. The molecule has 104 valence electrons. The fraction of sp³-hybridized carbons (Fsp3) is 0.800. The lowest BCUT2D eigenvalue weighted by Gasteiger charge is -2.25. The second-order valence-corrected chi connectivity index (χ2v) is 4.44. The number of rotatable bonds is 7. The van der Waals surface area contributed by atoms with E-state index in [1.54, 1.807) is 0 Å². The Kier molecular flexibility index (Phi) is 4.77. The second kappa shape index (κ2) is 5.72. The molecule has 1 saturated heterocycles. The van der Waals surface area contributed by atoms with Crippen molar-refractivity contribution in [2.24, 2.45) is 0 Å². The van der Waals surface area contributed by atoms with Gasteiger partial charge >= 0.3 is 0 Å². The zero-order chi connectivity index (χ0) is 13.9. The number of aldehydes is 1. The van der Waals surface area contributed by atoms with Crippen molar-refractivity contribution >= 4 is 12.2 Å². The van der Waals surface area contributed by atoms with Gasteiger partial charge in [0.2, 0.25) is 0 Å². The summed E-state index contributed by atoms with van der Waals surface area (Å²) in [6, 6.07) is 0. The van der Waals surface area contributed by atoms with Crippen LogP contribution in [-0.4, -0.2) is 81.3 Å². The van der Waals surface area contributed by atoms with E-state index in [-0.39, 0.29) is 6.29 Å². The van der Waals surface area contributed by atoms with Crippen LogP contribution in [0, 0.1) is 0 Å². The van der Waals surface area contributed by atoms with Crippen molar-refractivity contribution in [3.8, 4) is 0 Å². The molecule has 18 heavy (non-hydrogen) atoms. The fourth-order valence-electron chi connectivity index (χ4n) is 1.55. The lowest BCUT2D eigenvalue weighted by molar-refractivity contribution is -0.835. The van der Waals surface area contributed by atoms with Gasteiger partial charge in [-0.25, -0.2) is 4.59 Å². The standard InChI is InChI=1S/C10H18N2O6/c1-2-12(3-4-12)11-10(18)9(17)8(16)7(15)6(14)5-13/h5-9,14-17H,2-4H2,1H3/p+1/t6-,7+,8+,9-/m1/s1. The van der Waals surface area contributed by atoms with Crippen LogP contribution in [0.4, 0.5) is 0 Å². The Hall–Kier alpha value is -1.06. The molecule has 8 heteroatoms. The minimum atomic E-state index is -1.93. The van der Waals surface area contributed by atoms with E-state index in [1.807, 2.05) is 6.92 Å². The number of hydrogen-bond donors (Lipinski definition) is 5. The van der Waals surface area contributed by atoms with Crippen molar-refractivity contribution in [3.05, 3.63) is 0 Å². The SMILES string of the molecule is CC[N+]1(NC(=O)[C@H](O)[C@@H](O)[C@@H](O)[C@H](O)C=O)CC1. The second-order valence-electron chi connectivity index (χ2n) is 4.44. The molecule has 0 spiro atoms. The molecule has 1 rings (SSSR count). The number of carbonyl (C=O) groups excluding carboxylic acids is 2. The molecule has 1 heterocycles. The fourth-order valence-corrected chi connectivity index (χ4v) is 1.55. The van der Waals surface area contributed by atoms with Crippen molar-refractivity contribution in [1.29, 1.82) is 0 Å². The Morgan fingerprint density at radius 3 is 2.22 bits per heavy atom. The topological polar surface area (TPSA) is 127 Å². The van der Waals surface area contributed by atoms with E-state index in [9.17, 15) is 24.9 Å². The summed E-state index contributed by atoms with van der Waals surface area (Å²) in [6.45, 7) is 3.99. The first-order valence-corrected chi connectivity index (χ1v) is 5.72. The van der Waals surface area contributed by atoms with E-state index in [0.717, 1.165) is 13.1 Å². The summed E-state index contributed by atoms with van der Waals surface area (Å²) < 4.78 is 0.314. The maximum atomic E-state index is 11.6. The van der Waals surface area contributed by atoms with Crippen LogP contribution in [0.3, 0.4) is 0 Å². The predicted molar refractivity (Wildman–Crippen MR) is 58.8 cm³/mol. The Bertz CT molecular complexity index is 319. The number of nitrogens with zero attached hydrogens (tertiary/aromatic N) is 1. The first-order valence-electron chi connectivity index (χ1n) is 5.72. The minimum absolute atomic E-state index is 0.0169. The van der Waals surface area contributed by atoms with Crippen LogP contribution in [0.25, 0.3) is 0 Å². The summed E-state index contributed by atoms with van der Waals surface area (Å²) in [6.07, 6.45) is -7.58. The number of likely N-dealkylation sites (N-methyl/N-ethyl adjacent to an activating group) is 1. The van der Waals surface area contributed by atoms with Gasteiger partial charge in [0.05, 0.1) is 6.54 Å². The van der Waals surface area contributed by atoms with Crippen molar-refractivity contribution in [2.75, 3.05) is 19.6 Å². The van der Waals surface area contributed by atoms with Crippen LogP contribution in [-0.2, 0) is 9.59 Å². The van der Waals surface area contributed by atoms with E-state index in [2.05, 4.69) is 5.43 Å². The predicted octanol–water partition coefficient (Wildman–Crippen LogP) is -3.49. The van der Waals surface area contributed by atoms with Crippen LogP contribution < -0.4 is 5.43 Å². The number of quaternary nitrogens is 1. The van der Waals surface area contributed by atoms with Crippen LogP contribution in [0.2, 0.25) is 0 Å². The van der Waals surface area contributed by atoms with Gasteiger partial charge in [-0.3, -0.25) is 4.79 Å². The largest absolute Gasteiger partial charge is 0.387 e. The maximum Gasteiger partial charge on any atom is 0.296 e. The summed E-state index contributed by atoms with van der Waals surface area (Å²) in [7, 11) is 0. The first-order chi connectivity index (χ1) is 8.37. The van der Waals surface area contributed by atoms with Crippen molar-refractivity contribution in [3.63, 3.8) is 0 Å². The number of carbonyl (C=O) groups is 2. The number of amides is 1. The van der Waals surface area contributed by atoms with Crippen LogP contribution in [0.15, 0.2) is 0 Å². The number of aliphatic hydroxyl groups is 4. The van der Waals surface area contributed by atoms with Crippen molar-refractivity contribution in [1.82, 2.24) is 5.43 Å². The first kappa shape index (κ1) is 15.0. The van der Waals surface area contributed by atoms with Gasteiger partial charge in [-0.05, 0) is 6.92 Å². The maximum absolute atomic E-state index is 11.6. The molecule has 0 aliphatic carbocycles. The number of aliphatic hydroxyl groups excluding tert-OH is 4. The summed E-state index contributed by atoms with van der Waals surface area (Å²) in [5, 5.41) is 37.3. The molecule has 1 aliphatic rings. The van der Waals surface area contributed by atoms with Gasteiger partial charge < -0.3 is 25.2 Å². The third-order valence-electron chi connectivity index (χ3n) is 3.15. The van der Waals surface area contributed by atoms with Gasteiger partial charge in [-0.1, -0.05) is 0 Å². The molecule has 1 amide bonds. The zero-order valence-corrected chi connectivity index (χ0v) is 10.1. The highest BCUT2D eigenvalue weighted by atomic mass is 16.4. The van der Waals surface area contributed by atoms with Crippen molar-refractivity contribution < 1.29 is 34.6 Å². The van der Waals surface area contributed by atoms with E-state index in [1.165, 1.54) is 0 Å². The van der Waals surface area contributed by atoms with Gasteiger partial charge in [0, 0.05) is 0 Å². The molecular formula is C10H19N2O6+. The van der Waals surface area contributed by atoms with Gasteiger partial charge in [0.1, 0.15) is 18.3 Å². The van der Waals surface area contributed by atoms with Crippen LogP contribution >= 0.6 is 0 Å². The average Bonchev–Trinajstić information content (AvgIpc) is 3.15. The smallest absolute Gasteiger partial charge is 0.296 e. The molecule has 0 aromatic rings. The Balaban J connectivity index is 2.54. The minimum Gasteiger partial charge on any atom is -0.387 e. The molecule has 0 saturated carbocycles. The third-order valence-corrected chi connectivity index (χ3v) is 3.15. The normalized spacial score (nSPS) is 23.6. The van der Waals surface area contributed by atoms with Gasteiger partial charge in [0.15, 0.2) is 25.5 Å². The van der Waals surface area contributed by atoms with Gasteiger partial charge in [-0.2, -0.15) is 5.43 Å². The molecule has 5 N–H and O–H groups in total. The van der Waals surface area contributed by atoms with E-state index < -0.39 is 30.3 Å². The van der Waals surface area contributed by atoms with Crippen molar-refractivity contribution in [2.45, 2.75) is 31.3 Å². The number of nitrogens with one attached hydrogen (secondary N) is 1. The zero-order valence-electron chi connectivity index (χ0n) is 10.1. The van der Waals surface area contributed by atoms with E-state index in [0.29, 0.717) is 11.1 Å². The molecule has 0 unspecified atom stereocenters. The average molecular weight is 263 g/mol. The summed E-state index contributed by atoms with van der Waals surface area (Å²) in [4.78, 5) is 21.8. The molecule has 1 fully saturated rings. The highest BCUT2D eigenvalue weighted by molar-refractivity contribution is 5.80. The Morgan fingerprint density at radius 2 is 1.83 bits per heavy atom. The molecule has 0 aromatic carbocycles. The van der Waals surface area contributed by atoms with Crippen LogP contribution in [0.1, 0.15) is 6.92 Å². The lowest BCUT2D eigenvalue weighted by atomic mass is 10.0. The summed E-state index contributed by atoms with van der Waals surface area (Å²) >= 11 is 0. The molecule has 8 nitrogen and oxygen atoms in total. The van der Waals surface area contributed by atoms with Gasteiger partial charge in [-0.15, -0.1) is 0 Å². The lowest BCUT2D eigenvalue weighted by Crippen LogP contribution is -2.55. The van der Waals surface area contributed by atoms with E-state index >= 15 is 0 Å². The highest BCUT2D eigenvalue weighted by Crippen LogP contribution is 2.16. The quantitative estimate of drug-likeness (QED) is 0.184. The molecular weight excluding hydrogens is 244 g/mol. The molecule has 1 aliphatic heterocycles. The third kappa shape index (κ3) is 3.24.